The number of rotatable bonds is 10. The summed E-state index contributed by atoms with van der Waals surface area (Å²) in [7, 11) is 0.431. The van der Waals surface area contributed by atoms with Crippen molar-refractivity contribution in [2.45, 2.75) is 44.8 Å². The Kier molecular flexibility index (Phi) is 6.72. The average Bonchev–Trinajstić information content (AvgIpc) is 3.51. The molecular weight excluding hydrogens is 432 g/mol. The fourth-order valence-corrected chi connectivity index (χ4v) is 4.78. The molecule has 1 heterocycles. The van der Waals surface area contributed by atoms with Gasteiger partial charge in [0.05, 0.1) is 24.4 Å². The Morgan fingerprint density at radius 3 is 2.36 bits per heavy atom. The van der Waals surface area contributed by atoms with E-state index in [1.165, 1.54) is 0 Å². The highest BCUT2D eigenvalue weighted by molar-refractivity contribution is 6.76. The molecule has 1 fully saturated rings. The molecule has 4 rings (SSSR count). The summed E-state index contributed by atoms with van der Waals surface area (Å²) in [5, 5.41) is 9.59. The van der Waals surface area contributed by atoms with Crippen LogP contribution >= 0.6 is 0 Å². The first-order valence-electron chi connectivity index (χ1n) is 11.4. The van der Waals surface area contributed by atoms with Crippen molar-refractivity contribution in [3.63, 3.8) is 0 Å². The number of aromatic nitrogens is 2. The molecule has 0 aliphatic heterocycles. The molecule has 2 atom stereocenters. The first-order chi connectivity index (χ1) is 15.8. The standard InChI is InChI=1S/C26H32N2O4Si/c1-31-20-12-10-18(11-13-20)24-23(21-16-22(21)26(29)30)27-25(19-8-6-5-7-9-19)28(24)17-32-14-15-33(2,3)4/h5-13,21-22H,14-17H2,1-4H3,(H,29,30)/t21-,22-/m0/s1. The van der Waals surface area contributed by atoms with Crippen LogP contribution in [0.15, 0.2) is 54.6 Å². The van der Waals surface area contributed by atoms with Crippen molar-refractivity contribution in [1.29, 1.82) is 0 Å². The van der Waals surface area contributed by atoms with Crippen LogP contribution in [0.3, 0.4) is 0 Å². The average molecular weight is 465 g/mol. The normalized spacial score (nSPS) is 17.7. The van der Waals surface area contributed by atoms with E-state index >= 15 is 0 Å². The van der Waals surface area contributed by atoms with E-state index in [-0.39, 0.29) is 11.8 Å². The van der Waals surface area contributed by atoms with Gasteiger partial charge in [-0.2, -0.15) is 0 Å². The first kappa shape index (κ1) is 23.3. The Hall–Kier alpha value is -2.90. The zero-order valence-corrected chi connectivity index (χ0v) is 20.7. The molecule has 1 saturated carbocycles. The van der Waals surface area contributed by atoms with Gasteiger partial charge < -0.3 is 14.6 Å². The van der Waals surface area contributed by atoms with Crippen molar-refractivity contribution >= 4 is 14.0 Å². The Labute approximate surface area is 196 Å². The number of aliphatic carboxylic acids is 1. The Morgan fingerprint density at radius 1 is 1.09 bits per heavy atom. The lowest BCUT2D eigenvalue weighted by Gasteiger charge is -2.17. The smallest absolute Gasteiger partial charge is 0.307 e. The monoisotopic (exact) mass is 464 g/mol. The molecule has 1 aromatic heterocycles. The second-order valence-electron chi connectivity index (χ2n) is 9.83. The van der Waals surface area contributed by atoms with E-state index in [1.54, 1.807) is 7.11 Å². The number of benzene rings is 2. The Bertz CT molecular complexity index is 1100. The fraction of sp³-hybridized carbons (Fsp3) is 0.385. The molecular formula is C26H32N2O4Si. The molecule has 1 aliphatic carbocycles. The number of hydrogen-bond donors (Lipinski definition) is 1. The van der Waals surface area contributed by atoms with Crippen molar-refractivity contribution in [1.82, 2.24) is 9.55 Å². The van der Waals surface area contributed by atoms with Crippen LogP contribution in [-0.4, -0.2) is 42.4 Å². The predicted molar refractivity (Wildman–Crippen MR) is 132 cm³/mol. The van der Waals surface area contributed by atoms with Crippen LogP contribution in [0.1, 0.15) is 18.0 Å². The third kappa shape index (κ3) is 5.37. The van der Waals surface area contributed by atoms with Gasteiger partial charge in [-0.05, 0) is 36.7 Å². The second kappa shape index (κ2) is 9.53. The van der Waals surface area contributed by atoms with Crippen LogP contribution in [0.5, 0.6) is 5.75 Å². The molecule has 7 heteroatoms. The van der Waals surface area contributed by atoms with Crippen LogP contribution in [0.2, 0.25) is 25.7 Å². The molecule has 0 saturated heterocycles. The first-order valence-corrected chi connectivity index (χ1v) is 15.1. The molecule has 0 radical (unpaired) electrons. The molecule has 0 bridgehead atoms. The number of carboxylic acids is 1. The van der Waals surface area contributed by atoms with Gasteiger partial charge in [-0.1, -0.05) is 50.0 Å². The number of imidazole rings is 1. The van der Waals surface area contributed by atoms with Crippen LogP contribution in [-0.2, 0) is 16.3 Å². The molecule has 1 N–H and O–H groups in total. The maximum Gasteiger partial charge on any atom is 0.307 e. The largest absolute Gasteiger partial charge is 0.497 e. The van der Waals surface area contributed by atoms with Gasteiger partial charge in [0.2, 0.25) is 0 Å². The quantitative estimate of drug-likeness (QED) is 0.307. The Balaban J connectivity index is 1.79. The maximum atomic E-state index is 11.7. The van der Waals surface area contributed by atoms with Gasteiger partial charge in [0.15, 0.2) is 0 Å². The van der Waals surface area contributed by atoms with Gasteiger partial charge in [-0.25, -0.2) is 4.98 Å². The molecule has 3 aromatic rings. The van der Waals surface area contributed by atoms with Crippen molar-refractivity contribution < 1.29 is 19.4 Å². The highest BCUT2D eigenvalue weighted by atomic mass is 28.3. The van der Waals surface area contributed by atoms with Crippen LogP contribution in [0.4, 0.5) is 0 Å². The van der Waals surface area contributed by atoms with Gasteiger partial charge >= 0.3 is 5.97 Å². The van der Waals surface area contributed by atoms with Crippen molar-refractivity contribution in [3.05, 3.63) is 60.3 Å². The minimum atomic E-state index is -1.21. The summed E-state index contributed by atoms with van der Waals surface area (Å²) in [5.74, 6) is 0.339. The highest BCUT2D eigenvalue weighted by Crippen LogP contribution is 2.51. The number of ether oxygens (including phenoxy) is 2. The van der Waals surface area contributed by atoms with Crippen molar-refractivity contribution in [2.24, 2.45) is 5.92 Å². The van der Waals surface area contributed by atoms with Gasteiger partial charge in [0.25, 0.3) is 0 Å². The molecule has 1 aliphatic rings. The highest BCUT2D eigenvalue weighted by Gasteiger charge is 2.47. The maximum absolute atomic E-state index is 11.7. The molecule has 0 unspecified atom stereocenters. The lowest BCUT2D eigenvalue weighted by Crippen LogP contribution is -2.22. The van der Waals surface area contributed by atoms with E-state index in [4.69, 9.17) is 14.5 Å². The molecule has 0 spiro atoms. The van der Waals surface area contributed by atoms with Gasteiger partial charge in [0.1, 0.15) is 18.3 Å². The van der Waals surface area contributed by atoms with E-state index < -0.39 is 14.0 Å². The van der Waals surface area contributed by atoms with Crippen LogP contribution in [0, 0.1) is 5.92 Å². The molecule has 2 aromatic carbocycles. The second-order valence-corrected chi connectivity index (χ2v) is 15.4. The molecule has 33 heavy (non-hydrogen) atoms. The lowest BCUT2D eigenvalue weighted by molar-refractivity contribution is -0.138. The van der Waals surface area contributed by atoms with Gasteiger partial charge in [0, 0.05) is 31.7 Å². The fourth-order valence-electron chi connectivity index (χ4n) is 4.02. The molecule has 6 nitrogen and oxygen atoms in total. The van der Waals surface area contributed by atoms with Crippen LogP contribution < -0.4 is 4.74 Å². The van der Waals surface area contributed by atoms with Crippen molar-refractivity contribution in [2.75, 3.05) is 13.7 Å². The van der Waals surface area contributed by atoms with Gasteiger partial charge in [-0.15, -0.1) is 0 Å². The minimum Gasteiger partial charge on any atom is -0.497 e. The summed E-state index contributed by atoms with van der Waals surface area (Å²) in [4.78, 5) is 16.7. The zero-order valence-electron chi connectivity index (χ0n) is 19.7. The van der Waals surface area contributed by atoms with E-state index in [2.05, 4.69) is 24.2 Å². The van der Waals surface area contributed by atoms with E-state index in [0.717, 1.165) is 40.1 Å². The minimum absolute atomic E-state index is 0.0923. The van der Waals surface area contributed by atoms with Crippen LogP contribution in [0.25, 0.3) is 22.6 Å². The number of nitrogens with zero attached hydrogens (tertiary/aromatic N) is 2. The van der Waals surface area contributed by atoms with Gasteiger partial charge in [-0.3, -0.25) is 9.36 Å². The summed E-state index contributed by atoms with van der Waals surface area (Å²) >= 11 is 0. The summed E-state index contributed by atoms with van der Waals surface area (Å²) in [6, 6.07) is 19.0. The number of carboxylic acid groups (broad SMARTS) is 1. The number of hydrogen-bond acceptors (Lipinski definition) is 4. The van der Waals surface area contributed by atoms with E-state index in [1.807, 2.05) is 54.6 Å². The number of carbonyl (C=O) groups is 1. The summed E-state index contributed by atoms with van der Waals surface area (Å²) in [5.41, 5.74) is 3.73. The van der Waals surface area contributed by atoms with E-state index in [9.17, 15) is 9.90 Å². The van der Waals surface area contributed by atoms with E-state index in [0.29, 0.717) is 19.8 Å². The number of methoxy groups -OCH3 is 1. The molecule has 0 amide bonds. The topological polar surface area (TPSA) is 73.6 Å². The zero-order chi connectivity index (χ0) is 23.6. The predicted octanol–water partition coefficient (Wildman–Crippen LogP) is 5.73. The summed E-state index contributed by atoms with van der Waals surface area (Å²) in [6.07, 6.45) is 0.611. The third-order valence-electron chi connectivity index (χ3n) is 6.07. The third-order valence-corrected chi connectivity index (χ3v) is 7.77. The lowest BCUT2D eigenvalue weighted by atomic mass is 10.1. The Morgan fingerprint density at radius 2 is 1.79 bits per heavy atom. The SMILES string of the molecule is COc1ccc(-c2c([C@H]3C[C@@H]3C(=O)O)nc(-c3ccccc3)n2COCC[Si](C)(C)C)cc1. The summed E-state index contributed by atoms with van der Waals surface area (Å²) < 4.78 is 13.6. The molecule has 174 valence electrons. The van der Waals surface area contributed by atoms with Crippen molar-refractivity contribution in [3.8, 4) is 28.4 Å². The summed E-state index contributed by atoms with van der Waals surface area (Å²) in [6.45, 7) is 8.07.